The first-order chi connectivity index (χ1) is 16.2. The van der Waals surface area contributed by atoms with E-state index in [1.807, 2.05) is 0 Å². The second-order valence-corrected chi connectivity index (χ2v) is 7.39. The molecule has 34 heavy (non-hydrogen) atoms. The number of aromatic nitrogens is 5. The van der Waals surface area contributed by atoms with Crippen molar-refractivity contribution in [2.24, 2.45) is 0 Å². The number of rotatable bonds is 5. The maximum Gasteiger partial charge on any atom is 0.437 e. The summed E-state index contributed by atoms with van der Waals surface area (Å²) in [6.45, 7) is -0.375. The van der Waals surface area contributed by atoms with Crippen molar-refractivity contribution in [2.45, 2.75) is 12.7 Å². The largest absolute Gasteiger partial charge is 0.449 e. The zero-order valence-electron chi connectivity index (χ0n) is 16.9. The highest BCUT2D eigenvalue weighted by molar-refractivity contribution is 6.30. The molecule has 4 rings (SSSR count). The van der Waals surface area contributed by atoms with Crippen LogP contribution in [0.5, 0.6) is 11.5 Å². The average Bonchev–Trinajstić information content (AvgIpc) is 3.31. The van der Waals surface area contributed by atoms with Gasteiger partial charge >= 0.3 is 6.18 Å². The standard InChI is InChI=1S/C21H12ClF3N6O3/c22-14-3-11(6-26)4-15(5-14)34-17-18(21(23,24)25)27-10-31(20(17)33)9-12-1-2-16(30-19(12)32)13-7-28-29-8-13/h1-5,7-8,10H,9H2,(H,28,29)(H,30,32). The van der Waals surface area contributed by atoms with Crippen molar-refractivity contribution >= 4 is 11.6 Å². The highest BCUT2D eigenvalue weighted by atomic mass is 35.5. The Balaban J connectivity index is 1.74. The van der Waals surface area contributed by atoms with Crippen LogP contribution in [0.15, 0.2) is 58.6 Å². The smallest absolute Gasteiger partial charge is 0.437 e. The summed E-state index contributed by atoms with van der Waals surface area (Å²) >= 11 is 5.87. The van der Waals surface area contributed by atoms with Crippen molar-refractivity contribution < 1.29 is 17.9 Å². The Morgan fingerprint density at radius 3 is 2.65 bits per heavy atom. The molecule has 172 valence electrons. The highest BCUT2D eigenvalue weighted by Crippen LogP contribution is 2.35. The third-order valence-electron chi connectivity index (χ3n) is 4.63. The normalized spacial score (nSPS) is 11.3. The first-order valence-electron chi connectivity index (χ1n) is 9.42. The van der Waals surface area contributed by atoms with Crippen LogP contribution < -0.4 is 15.9 Å². The highest BCUT2D eigenvalue weighted by Gasteiger charge is 2.38. The molecule has 0 amide bonds. The number of pyridine rings is 1. The molecule has 0 fully saturated rings. The van der Waals surface area contributed by atoms with Crippen LogP contribution in [-0.2, 0) is 12.7 Å². The van der Waals surface area contributed by atoms with E-state index in [2.05, 4.69) is 20.2 Å². The number of benzene rings is 1. The number of nitrogens with one attached hydrogen (secondary N) is 2. The van der Waals surface area contributed by atoms with Gasteiger partial charge in [0.1, 0.15) is 5.75 Å². The van der Waals surface area contributed by atoms with Gasteiger partial charge in [0.25, 0.3) is 11.1 Å². The Hall–Kier alpha value is -4.37. The SMILES string of the molecule is N#Cc1cc(Cl)cc(Oc2c(C(F)(F)F)ncn(Cc3ccc(-c4cn[nH]c4)[nH]c3=O)c2=O)c1. The summed E-state index contributed by atoms with van der Waals surface area (Å²) in [5.74, 6) is -1.37. The maximum atomic E-state index is 13.5. The molecule has 0 bridgehead atoms. The summed E-state index contributed by atoms with van der Waals surface area (Å²) in [7, 11) is 0. The molecule has 2 N–H and O–H groups in total. The van der Waals surface area contributed by atoms with E-state index >= 15 is 0 Å². The van der Waals surface area contributed by atoms with Gasteiger partial charge in [0.05, 0.1) is 36.4 Å². The topological polar surface area (TPSA) is 129 Å². The summed E-state index contributed by atoms with van der Waals surface area (Å²) < 4.78 is 46.6. The van der Waals surface area contributed by atoms with Gasteiger partial charge in [-0.15, -0.1) is 0 Å². The molecule has 3 aromatic heterocycles. The van der Waals surface area contributed by atoms with Gasteiger partial charge in [-0.2, -0.15) is 23.5 Å². The van der Waals surface area contributed by atoms with E-state index in [0.29, 0.717) is 17.6 Å². The van der Waals surface area contributed by atoms with E-state index in [9.17, 15) is 22.8 Å². The monoisotopic (exact) mass is 488 g/mol. The number of alkyl halides is 3. The lowest BCUT2D eigenvalue weighted by Crippen LogP contribution is -2.28. The first-order valence-corrected chi connectivity index (χ1v) is 9.80. The van der Waals surface area contributed by atoms with E-state index in [0.717, 1.165) is 16.7 Å². The molecule has 0 aliphatic heterocycles. The minimum atomic E-state index is -5.01. The molecule has 0 saturated heterocycles. The van der Waals surface area contributed by atoms with Crippen LogP contribution in [0.25, 0.3) is 11.3 Å². The van der Waals surface area contributed by atoms with Crippen molar-refractivity contribution in [3.63, 3.8) is 0 Å². The van der Waals surface area contributed by atoms with Crippen molar-refractivity contribution in [3.8, 4) is 28.8 Å². The fourth-order valence-electron chi connectivity index (χ4n) is 3.06. The van der Waals surface area contributed by atoms with Gasteiger partial charge < -0.3 is 9.72 Å². The molecule has 0 atom stereocenters. The number of halogens is 4. The van der Waals surface area contributed by atoms with Crippen LogP contribution in [0.1, 0.15) is 16.8 Å². The van der Waals surface area contributed by atoms with Gasteiger partial charge in [-0.05, 0) is 30.3 Å². The van der Waals surface area contributed by atoms with E-state index in [4.69, 9.17) is 21.6 Å². The van der Waals surface area contributed by atoms with Crippen LogP contribution in [0.2, 0.25) is 5.02 Å². The molecular weight excluding hydrogens is 477 g/mol. The summed E-state index contributed by atoms with van der Waals surface area (Å²) in [6, 6.07) is 8.34. The van der Waals surface area contributed by atoms with Crippen LogP contribution >= 0.6 is 11.6 Å². The molecule has 13 heteroatoms. The quantitative estimate of drug-likeness (QED) is 0.440. The third-order valence-corrected chi connectivity index (χ3v) is 4.84. The van der Waals surface area contributed by atoms with Gasteiger partial charge in [0, 0.05) is 22.3 Å². The maximum absolute atomic E-state index is 13.5. The second-order valence-electron chi connectivity index (χ2n) is 6.96. The number of nitrogens with zero attached hydrogens (tertiary/aromatic N) is 4. The predicted octanol–water partition coefficient (Wildman–Crippen LogP) is 3.71. The molecule has 3 heterocycles. The fourth-order valence-corrected chi connectivity index (χ4v) is 3.28. The lowest BCUT2D eigenvalue weighted by atomic mass is 10.2. The average molecular weight is 489 g/mol. The molecule has 0 spiro atoms. The van der Waals surface area contributed by atoms with Crippen molar-refractivity contribution in [2.75, 3.05) is 0 Å². The summed E-state index contributed by atoms with van der Waals surface area (Å²) in [5.41, 5.74) is -2.11. The molecule has 0 saturated carbocycles. The van der Waals surface area contributed by atoms with Crippen molar-refractivity contribution in [1.29, 1.82) is 5.26 Å². The Morgan fingerprint density at radius 1 is 1.21 bits per heavy atom. The van der Waals surface area contributed by atoms with Crippen molar-refractivity contribution in [1.82, 2.24) is 24.7 Å². The predicted molar refractivity (Wildman–Crippen MR) is 113 cm³/mol. The molecule has 0 unspecified atom stereocenters. The van der Waals surface area contributed by atoms with Gasteiger partial charge in [-0.1, -0.05) is 11.6 Å². The first kappa shape index (κ1) is 22.8. The van der Waals surface area contributed by atoms with E-state index in [1.165, 1.54) is 18.3 Å². The molecular formula is C21H12ClF3N6O3. The lowest BCUT2D eigenvalue weighted by molar-refractivity contribution is -0.142. The number of ether oxygens (including phenoxy) is 1. The van der Waals surface area contributed by atoms with Crippen LogP contribution in [-0.4, -0.2) is 24.7 Å². The molecule has 0 radical (unpaired) electrons. The molecule has 9 nitrogen and oxygen atoms in total. The molecule has 0 aliphatic rings. The number of hydrogen-bond donors (Lipinski definition) is 2. The van der Waals surface area contributed by atoms with E-state index in [1.54, 1.807) is 18.3 Å². The summed E-state index contributed by atoms with van der Waals surface area (Å²) in [5, 5.41) is 15.5. The molecule has 4 aromatic rings. The second kappa shape index (κ2) is 8.87. The molecule has 1 aromatic carbocycles. The fraction of sp³-hybridized carbons (Fsp3) is 0.0952. The van der Waals surface area contributed by atoms with Crippen LogP contribution in [0.4, 0.5) is 13.2 Å². The van der Waals surface area contributed by atoms with E-state index < -0.39 is 28.7 Å². The van der Waals surface area contributed by atoms with Gasteiger partial charge in [0.2, 0.25) is 5.75 Å². The minimum absolute atomic E-state index is 0.0181. The number of aromatic amines is 2. The summed E-state index contributed by atoms with van der Waals surface area (Å²) in [6.07, 6.45) is -1.27. The summed E-state index contributed by atoms with van der Waals surface area (Å²) in [4.78, 5) is 31.4. The zero-order chi connectivity index (χ0) is 24.5. The Morgan fingerprint density at radius 2 is 2.00 bits per heavy atom. The van der Waals surface area contributed by atoms with Gasteiger partial charge in [-0.25, -0.2) is 4.98 Å². The number of hydrogen-bond acceptors (Lipinski definition) is 6. The number of H-pyrrole nitrogens is 2. The number of nitriles is 1. The Kier molecular flexibility index (Phi) is 5.95. The third kappa shape index (κ3) is 4.69. The Bertz CT molecular complexity index is 1520. The van der Waals surface area contributed by atoms with Crippen LogP contribution in [0, 0.1) is 11.3 Å². The van der Waals surface area contributed by atoms with Gasteiger partial charge in [0.15, 0.2) is 5.69 Å². The van der Waals surface area contributed by atoms with E-state index in [-0.39, 0.29) is 28.4 Å². The minimum Gasteiger partial charge on any atom is -0.449 e. The van der Waals surface area contributed by atoms with Crippen LogP contribution in [0.3, 0.4) is 0 Å². The zero-order valence-corrected chi connectivity index (χ0v) is 17.6. The van der Waals surface area contributed by atoms with Crippen molar-refractivity contribution in [3.05, 3.63) is 91.6 Å². The Labute approximate surface area is 193 Å². The lowest BCUT2D eigenvalue weighted by Gasteiger charge is -2.15. The van der Waals surface area contributed by atoms with Gasteiger partial charge in [-0.3, -0.25) is 19.3 Å². The molecule has 0 aliphatic carbocycles.